The quantitative estimate of drug-likeness (QED) is 0.213. The van der Waals surface area contributed by atoms with Crippen molar-refractivity contribution in [3.05, 3.63) is 47.0 Å². The van der Waals surface area contributed by atoms with Crippen molar-refractivity contribution in [2.24, 2.45) is 0 Å². The third-order valence-corrected chi connectivity index (χ3v) is 7.54. The molecule has 1 aliphatic rings. The molecule has 222 valence electrons. The molecule has 1 atom stereocenters. The predicted molar refractivity (Wildman–Crippen MR) is 166 cm³/mol. The van der Waals surface area contributed by atoms with Crippen molar-refractivity contribution < 1.29 is 18.9 Å². The van der Waals surface area contributed by atoms with Crippen LogP contribution in [0, 0.1) is 0 Å². The van der Waals surface area contributed by atoms with Crippen molar-refractivity contribution in [3.8, 4) is 23.0 Å². The molecule has 0 aromatic heterocycles. The Morgan fingerprint density at radius 3 is 2.21 bits per heavy atom. The maximum atomic E-state index is 5.69. The maximum absolute atomic E-state index is 5.69. The summed E-state index contributed by atoms with van der Waals surface area (Å²) in [7, 11) is 6.83. The molecule has 0 radical (unpaired) electrons. The van der Waals surface area contributed by atoms with E-state index in [4.69, 9.17) is 18.9 Å². The third kappa shape index (κ3) is 10.2. The maximum Gasteiger partial charge on any atom is 0.164 e. The normalized spacial score (nSPS) is 14.2. The molecule has 2 aromatic carbocycles. The minimum absolute atomic E-state index is 0. The number of ether oxygens (including phenoxy) is 4. The number of rotatable bonds is 17. The summed E-state index contributed by atoms with van der Waals surface area (Å²) in [6, 6.07) is 11.1. The molecule has 1 aliphatic carbocycles. The Morgan fingerprint density at radius 2 is 1.51 bits per heavy atom. The Balaban J connectivity index is 0.00000380. The molecule has 0 spiro atoms. The molecule has 0 amide bonds. The molecule has 0 saturated carbocycles. The van der Waals surface area contributed by atoms with Gasteiger partial charge in [0.1, 0.15) is 0 Å². The zero-order chi connectivity index (χ0) is 26.5. The van der Waals surface area contributed by atoms with Crippen molar-refractivity contribution >= 4 is 24.8 Å². The fraction of sp³-hybridized carbons (Fsp3) is 0.613. The summed E-state index contributed by atoms with van der Waals surface area (Å²) >= 11 is 0. The summed E-state index contributed by atoms with van der Waals surface area (Å²) in [5.41, 5.74) is 4.03. The van der Waals surface area contributed by atoms with Crippen LogP contribution in [0.3, 0.4) is 0 Å². The minimum Gasteiger partial charge on any atom is -0.493 e. The molecule has 1 N–H and O–H groups in total. The number of benzene rings is 2. The summed E-state index contributed by atoms with van der Waals surface area (Å²) in [5, 5.41) is 3.60. The largest absolute Gasteiger partial charge is 0.493 e. The summed E-state index contributed by atoms with van der Waals surface area (Å²) in [6.07, 6.45) is 10.7. The first-order valence-electron chi connectivity index (χ1n) is 14.0. The minimum atomic E-state index is 0. The number of nitrogens with zero attached hydrogens (tertiary/aromatic N) is 1. The Kier molecular flexibility index (Phi) is 17.4. The highest BCUT2D eigenvalue weighted by atomic mass is 35.5. The zero-order valence-electron chi connectivity index (χ0n) is 24.6. The van der Waals surface area contributed by atoms with Crippen LogP contribution in [0.1, 0.15) is 62.1 Å². The van der Waals surface area contributed by atoms with Gasteiger partial charge in [-0.2, -0.15) is 0 Å². The van der Waals surface area contributed by atoms with Gasteiger partial charge >= 0.3 is 0 Å². The fourth-order valence-corrected chi connectivity index (χ4v) is 5.55. The van der Waals surface area contributed by atoms with Crippen molar-refractivity contribution in [3.63, 3.8) is 0 Å². The van der Waals surface area contributed by atoms with Crippen molar-refractivity contribution in [2.75, 3.05) is 54.6 Å². The van der Waals surface area contributed by atoms with Crippen molar-refractivity contribution in [2.45, 2.75) is 70.8 Å². The molecule has 0 aliphatic heterocycles. The van der Waals surface area contributed by atoms with Crippen molar-refractivity contribution in [1.29, 1.82) is 0 Å². The molecule has 0 bridgehead atoms. The number of hydrogen-bond acceptors (Lipinski definition) is 6. The molecule has 2 aromatic rings. The summed E-state index contributed by atoms with van der Waals surface area (Å²) in [4.78, 5) is 2.74. The lowest BCUT2D eigenvalue weighted by Crippen LogP contribution is -2.40. The van der Waals surface area contributed by atoms with Crippen LogP contribution in [-0.2, 0) is 19.3 Å². The van der Waals surface area contributed by atoms with E-state index in [1.807, 2.05) is 6.07 Å². The average molecular weight is 586 g/mol. The van der Waals surface area contributed by atoms with Gasteiger partial charge in [0.15, 0.2) is 23.0 Å². The summed E-state index contributed by atoms with van der Waals surface area (Å²) in [5.74, 6) is 3.36. The van der Waals surface area contributed by atoms with Crippen LogP contribution >= 0.6 is 24.8 Å². The van der Waals surface area contributed by atoms with Crippen LogP contribution in [0.5, 0.6) is 23.0 Å². The molecule has 0 unspecified atom stereocenters. The van der Waals surface area contributed by atoms with E-state index in [0.717, 1.165) is 55.4 Å². The second kappa shape index (κ2) is 19.3. The van der Waals surface area contributed by atoms with Gasteiger partial charge in [-0.25, -0.2) is 0 Å². The van der Waals surface area contributed by atoms with Gasteiger partial charge in [0.05, 0.1) is 28.4 Å². The molecule has 6 nitrogen and oxygen atoms in total. The Morgan fingerprint density at radius 1 is 0.795 bits per heavy atom. The van der Waals surface area contributed by atoms with E-state index in [-0.39, 0.29) is 24.8 Å². The second-order valence-electron chi connectivity index (χ2n) is 9.97. The van der Waals surface area contributed by atoms with Crippen LogP contribution in [0.25, 0.3) is 0 Å². The number of unbranched alkanes of at least 4 members (excludes halogenated alkanes) is 3. The molecule has 39 heavy (non-hydrogen) atoms. The van der Waals surface area contributed by atoms with Crippen LogP contribution in [0.4, 0.5) is 0 Å². The van der Waals surface area contributed by atoms with E-state index in [9.17, 15) is 0 Å². The first-order chi connectivity index (χ1) is 18.1. The highest BCUT2D eigenvalue weighted by Gasteiger charge is 2.27. The number of fused-ring (bicyclic) bond motifs is 1. The number of halogens is 2. The van der Waals surface area contributed by atoms with E-state index >= 15 is 0 Å². The Labute approximate surface area is 248 Å². The lowest BCUT2D eigenvalue weighted by Gasteiger charge is -2.36. The van der Waals surface area contributed by atoms with Gasteiger partial charge < -0.3 is 29.2 Å². The Bertz CT molecular complexity index is 960. The highest BCUT2D eigenvalue weighted by molar-refractivity contribution is 5.85. The fourth-order valence-electron chi connectivity index (χ4n) is 5.55. The first kappa shape index (κ1) is 35.2. The second-order valence-corrected chi connectivity index (χ2v) is 9.97. The number of hydrogen-bond donors (Lipinski definition) is 1. The SMILES string of the molecule is CCCN(CCCCCCNCCc1ccc(OC)c(OC)c1)[C@H]1CCc2c(ccc(OC)c2OC)C1.Cl.Cl. The molecular formula is C31H50Cl2N2O4. The molecule has 0 fully saturated rings. The van der Waals surface area contributed by atoms with Gasteiger partial charge in [-0.15, -0.1) is 24.8 Å². The van der Waals surface area contributed by atoms with Crippen LogP contribution in [-0.4, -0.2) is 65.6 Å². The average Bonchev–Trinajstić information content (AvgIpc) is 2.94. The topological polar surface area (TPSA) is 52.2 Å². The van der Waals surface area contributed by atoms with Crippen molar-refractivity contribution in [1.82, 2.24) is 10.2 Å². The smallest absolute Gasteiger partial charge is 0.164 e. The van der Waals surface area contributed by atoms with Gasteiger partial charge in [-0.1, -0.05) is 31.9 Å². The van der Waals surface area contributed by atoms with Gasteiger partial charge in [0.25, 0.3) is 0 Å². The molecule has 8 heteroatoms. The lowest BCUT2D eigenvalue weighted by atomic mass is 9.86. The number of methoxy groups -OCH3 is 4. The summed E-state index contributed by atoms with van der Waals surface area (Å²) < 4.78 is 21.9. The molecule has 0 heterocycles. The van der Waals surface area contributed by atoms with E-state index < -0.39 is 0 Å². The number of nitrogens with one attached hydrogen (secondary N) is 1. The Hall–Kier alpha value is -1.86. The zero-order valence-corrected chi connectivity index (χ0v) is 26.2. The van der Waals surface area contributed by atoms with Gasteiger partial charge in [-0.3, -0.25) is 0 Å². The van der Waals surface area contributed by atoms with Gasteiger partial charge in [0.2, 0.25) is 0 Å². The van der Waals surface area contributed by atoms with E-state index in [1.165, 1.54) is 68.3 Å². The molecule has 3 rings (SSSR count). The predicted octanol–water partition coefficient (Wildman–Crippen LogP) is 6.53. The van der Waals surface area contributed by atoms with Crippen LogP contribution < -0.4 is 24.3 Å². The van der Waals surface area contributed by atoms with E-state index in [0.29, 0.717) is 6.04 Å². The van der Waals surface area contributed by atoms with Crippen LogP contribution in [0.15, 0.2) is 30.3 Å². The van der Waals surface area contributed by atoms with Gasteiger partial charge in [-0.05, 0) is 100 Å². The molecular weight excluding hydrogens is 535 g/mol. The van der Waals surface area contributed by atoms with E-state index in [2.05, 4.69) is 41.4 Å². The van der Waals surface area contributed by atoms with E-state index in [1.54, 1.807) is 28.4 Å². The first-order valence-corrected chi connectivity index (χ1v) is 14.0. The standard InChI is InChI=1S/C31H48N2O4.2ClH/c1-6-20-33(26-13-14-27-25(23-26)12-16-29(35-3)31(27)37-5)21-10-8-7-9-18-32-19-17-24-11-15-28(34-2)30(22-24)36-4;;/h11-12,15-16,22,26,32H,6-10,13-14,17-21,23H2,1-5H3;2*1H/t26-;;/m0../s1. The monoisotopic (exact) mass is 584 g/mol. The van der Waals surface area contributed by atoms with Crippen LogP contribution in [0.2, 0.25) is 0 Å². The molecule has 0 saturated heterocycles. The van der Waals surface area contributed by atoms with Gasteiger partial charge in [0, 0.05) is 11.6 Å². The highest BCUT2D eigenvalue weighted by Crippen LogP contribution is 2.38. The summed E-state index contributed by atoms with van der Waals surface area (Å²) in [6.45, 7) is 6.75. The lowest BCUT2D eigenvalue weighted by molar-refractivity contribution is 0.175. The third-order valence-electron chi connectivity index (χ3n) is 7.54.